The van der Waals surface area contributed by atoms with E-state index >= 15 is 0 Å². The number of rotatable bonds is 3. The maximum absolute atomic E-state index is 9.37. The monoisotopic (exact) mass is 332 g/mol. The van der Waals surface area contributed by atoms with E-state index in [2.05, 4.69) is 47.5 Å². The Bertz CT molecular complexity index is 1090. The first-order valence-electron chi connectivity index (χ1n) is 8.46. The van der Waals surface area contributed by atoms with Gasteiger partial charge >= 0.3 is 0 Å². The number of hydrogen-bond donors (Lipinski definition) is 0. The van der Waals surface area contributed by atoms with Crippen molar-refractivity contribution in [1.29, 1.82) is 5.26 Å². The van der Waals surface area contributed by atoms with E-state index < -0.39 is 0 Å². The highest BCUT2D eigenvalue weighted by Gasteiger charge is 2.07. The molecule has 0 bridgehead atoms. The Morgan fingerprint density at radius 1 is 0.615 bits per heavy atom. The van der Waals surface area contributed by atoms with Gasteiger partial charge in [-0.1, -0.05) is 60.7 Å². The van der Waals surface area contributed by atoms with Gasteiger partial charge in [-0.25, -0.2) is 0 Å². The fraction of sp³-hybridized carbons (Fsp3) is 0. The van der Waals surface area contributed by atoms with E-state index in [-0.39, 0.29) is 0 Å². The fourth-order valence-corrected chi connectivity index (χ4v) is 3.09. The molecule has 2 nitrogen and oxygen atoms in total. The zero-order valence-electron chi connectivity index (χ0n) is 14.1. The molecular formula is C24H16N2. The largest absolute Gasteiger partial charge is 0.256 e. The van der Waals surface area contributed by atoms with E-state index in [9.17, 15) is 5.26 Å². The molecule has 1 aromatic heterocycles. The van der Waals surface area contributed by atoms with Gasteiger partial charge in [0, 0.05) is 11.8 Å². The van der Waals surface area contributed by atoms with Gasteiger partial charge in [-0.2, -0.15) is 5.26 Å². The first kappa shape index (κ1) is 15.8. The average molecular weight is 332 g/mol. The van der Waals surface area contributed by atoms with Crippen molar-refractivity contribution >= 4 is 0 Å². The highest BCUT2D eigenvalue weighted by Crippen LogP contribution is 2.30. The normalized spacial score (nSPS) is 10.3. The zero-order chi connectivity index (χ0) is 17.8. The lowest BCUT2D eigenvalue weighted by Gasteiger charge is -2.09. The molecule has 0 radical (unpaired) electrons. The summed E-state index contributed by atoms with van der Waals surface area (Å²) in [5.41, 5.74) is 6.98. The van der Waals surface area contributed by atoms with Crippen molar-refractivity contribution in [2.24, 2.45) is 0 Å². The SMILES string of the molecule is N#Cc1ccccc1-c1cccc(-c2cccc(-c3ccccn3)c2)c1. The van der Waals surface area contributed by atoms with Gasteiger partial charge in [0.15, 0.2) is 0 Å². The highest BCUT2D eigenvalue weighted by molar-refractivity contribution is 5.78. The van der Waals surface area contributed by atoms with Crippen LogP contribution in [0.2, 0.25) is 0 Å². The van der Waals surface area contributed by atoms with Crippen LogP contribution >= 0.6 is 0 Å². The predicted molar refractivity (Wildman–Crippen MR) is 105 cm³/mol. The smallest absolute Gasteiger partial charge is 0.0998 e. The molecule has 0 aliphatic carbocycles. The van der Waals surface area contributed by atoms with Crippen LogP contribution in [0.3, 0.4) is 0 Å². The van der Waals surface area contributed by atoms with E-state index in [0.29, 0.717) is 5.56 Å². The molecule has 0 saturated carbocycles. The molecule has 0 atom stereocenters. The first-order valence-corrected chi connectivity index (χ1v) is 8.46. The first-order chi connectivity index (χ1) is 12.8. The summed E-state index contributed by atoms with van der Waals surface area (Å²) >= 11 is 0. The topological polar surface area (TPSA) is 36.7 Å². The van der Waals surface area contributed by atoms with E-state index in [1.807, 2.05) is 54.6 Å². The molecule has 0 fully saturated rings. The van der Waals surface area contributed by atoms with Crippen molar-refractivity contribution in [2.45, 2.75) is 0 Å². The summed E-state index contributed by atoms with van der Waals surface area (Å²) < 4.78 is 0. The van der Waals surface area contributed by atoms with Crippen LogP contribution in [0.4, 0.5) is 0 Å². The van der Waals surface area contributed by atoms with Crippen LogP contribution < -0.4 is 0 Å². The lowest BCUT2D eigenvalue weighted by molar-refractivity contribution is 1.33. The van der Waals surface area contributed by atoms with Crippen molar-refractivity contribution in [2.75, 3.05) is 0 Å². The Balaban J connectivity index is 1.77. The minimum atomic E-state index is 0.687. The highest BCUT2D eigenvalue weighted by atomic mass is 14.7. The third-order valence-electron chi connectivity index (χ3n) is 4.38. The molecule has 0 N–H and O–H groups in total. The standard InChI is InChI=1S/C24H16N2/c25-17-22-7-1-2-12-23(22)20-10-5-8-18(15-20)19-9-6-11-21(16-19)24-13-3-4-14-26-24/h1-16H. The molecule has 0 spiro atoms. The molecule has 26 heavy (non-hydrogen) atoms. The second-order valence-electron chi connectivity index (χ2n) is 6.03. The molecular weight excluding hydrogens is 316 g/mol. The molecule has 1 heterocycles. The Hall–Kier alpha value is -3.70. The van der Waals surface area contributed by atoms with Crippen LogP contribution in [0, 0.1) is 11.3 Å². The Morgan fingerprint density at radius 2 is 1.27 bits per heavy atom. The van der Waals surface area contributed by atoms with Crippen LogP contribution in [0.25, 0.3) is 33.5 Å². The summed E-state index contributed by atoms with van der Waals surface area (Å²) in [6.45, 7) is 0. The third-order valence-corrected chi connectivity index (χ3v) is 4.38. The van der Waals surface area contributed by atoms with Crippen LogP contribution in [-0.2, 0) is 0 Å². The summed E-state index contributed by atoms with van der Waals surface area (Å²) in [5.74, 6) is 0. The van der Waals surface area contributed by atoms with Gasteiger partial charge in [-0.05, 0) is 52.6 Å². The molecule has 3 aromatic carbocycles. The molecule has 0 unspecified atom stereocenters. The van der Waals surface area contributed by atoms with Crippen LogP contribution in [-0.4, -0.2) is 4.98 Å². The van der Waals surface area contributed by atoms with Gasteiger partial charge in [0.25, 0.3) is 0 Å². The summed E-state index contributed by atoms with van der Waals surface area (Å²) in [4.78, 5) is 4.44. The van der Waals surface area contributed by atoms with Gasteiger partial charge in [-0.15, -0.1) is 0 Å². The second kappa shape index (κ2) is 7.04. The van der Waals surface area contributed by atoms with Crippen molar-refractivity contribution in [3.63, 3.8) is 0 Å². The number of hydrogen-bond acceptors (Lipinski definition) is 2. The molecule has 0 aliphatic rings. The Labute approximate surface area is 153 Å². The minimum absolute atomic E-state index is 0.687. The maximum atomic E-state index is 9.37. The Kier molecular flexibility index (Phi) is 4.28. The van der Waals surface area contributed by atoms with Crippen LogP contribution in [0.15, 0.2) is 97.2 Å². The van der Waals surface area contributed by atoms with E-state index in [1.165, 1.54) is 0 Å². The Morgan fingerprint density at radius 3 is 2.00 bits per heavy atom. The molecule has 4 rings (SSSR count). The molecule has 122 valence electrons. The van der Waals surface area contributed by atoms with Crippen LogP contribution in [0.1, 0.15) is 5.56 Å². The third kappa shape index (κ3) is 3.11. The van der Waals surface area contributed by atoms with Crippen molar-refractivity contribution in [1.82, 2.24) is 4.98 Å². The summed E-state index contributed by atoms with van der Waals surface area (Å²) in [6, 6.07) is 32.6. The zero-order valence-corrected chi connectivity index (χ0v) is 14.1. The van der Waals surface area contributed by atoms with E-state index in [0.717, 1.165) is 33.5 Å². The molecule has 2 heteroatoms. The van der Waals surface area contributed by atoms with Crippen LogP contribution in [0.5, 0.6) is 0 Å². The van der Waals surface area contributed by atoms with Gasteiger partial charge < -0.3 is 0 Å². The fourth-order valence-electron chi connectivity index (χ4n) is 3.09. The summed E-state index contributed by atoms with van der Waals surface area (Å²) in [5, 5.41) is 9.37. The summed E-state index contributed by atoms with van der Waals surface area (Å²) in [6.07, 6.45) is 1.81. The van der Waals surface area contributed by atoms with Gasteiger partial charge in [0.05, 0.1) is 17.3 Å². The van der Waals surface area contributed by atoms with Gasteiger partial charge in [0.1, 0.15) is 0 Å². The average Bonchev–Trinajstić information content (AvgIpc) is 2.74. The van der Waals surface area contributed by atoms with Gasteiger partial charge in [0.2, 0.25) is 0 Å². The van der Waals surface area contributed by atoms with Crippen molar-refractivity contribution < 1.29 is 0 Å². The second-order valence-corrected chi connectivity index (χ2v) is 6.03. The predicted octanol–water partition coefficient (Wildman–Crippen LogP) is 5.95. The lowest BCUT2D eigenvalue weighted by Crippen LogP contribution is -1.86. The van der Waals surface area contributed by atoms with E-state index in [1.54, 1.807) is 6.20 Å². The van der Waals surface area contributed by atoms with Gasteiger partial charge in [-0.3, -0.25) is 4.98 Å². The maximum Gasteiger partial charge on any atom is 0.0998 e. The van der Waals surface area contributed by atoms with Crippen molar-refractivity contribution in [3.05, 3.63) is 103 Å². The molecule has 0 amide bonds. The number of benzene rings is 3. The minimum Gasteiger partial charge on any atom is -0.256 e. The molecule has 0 aliphatic heterocycles. The number of aromatic nitrogens is 1. The van der Waals surface area contributed by atoms with E-state index in [4.69, 9.17) is 0 Å². The molecule has 4 aromatic rings. The molecule has 0 saturated heterocycles. The number of nitriles is 1. The lowest BCUT2D eigenvalue weighted by atomic mass is 9.95. The summed E-state index contributed by atoms with van der Waals surface area (Å²) in [7, 11) is 0. The van der Waals surface area contributed by atoms with Crippen molar-refractivity contribution in [3.8, 4) is 39.6 Å². The number of pyridine rings is 1. The quantitative estimate of drug-likeness (QED) is 0.464. The number of nitrogens with zero attached hydrogens (tertiary/aromatic N) is 2.